The molecule has 14 atom stereocenters. The Kier molecular flexibility index (Phi) is 11.0. The number of carbonyl (C=O) groups excluding carboxylic acids is 1. The number of aliphatic hydroxyl groups is 6. The molecule has 39 heavy (non-hydrogen) atoms. The Hall–Kier alpha value is -1.17. The van der Waals surface area contributed by atoms with Gasteiger partial charge in [0.25, 0.3) is 0 Å². The van der Waals surface area contributed by atoms with Crippen LogP contribution in [0.25, 0.3) is 0 Å². The summed E-state index contributed by atoms with van der Waals surface area (Å²) >= 11 is 0. The molecule has 14 heteroatoms. The topological polar surface area (TPSA) is 223 Å². The minimum atomic E-state index is -1.48. The molecule has 2 saturated heterocycles. The number of nitrogens with one attached hydrogen (secondary N) is 1. The van der Waals surface area contributed by atoms with E-state index in [9.17, 15) is 35.4 Å². The lowest BCUT2D eigenvalue weighted by atomic mass is 9.83. The van der Waals surface area contributed by atoms with Crippen LogP contribution in [0.4, 0.5) is 4.79 Å². The Morgan fingerprint density at radius 1 is 0.923 bits per heavy atom. The van der Waals surface area contributed by atoms with Crippen molar-refractivity contribution in [2.24, 2.45) is 11.7 Å². The van der Waals surface area contributed by atoms with E-state index in [1.807, 2.05) is 0 Å². The number of alkyl carbamates (subject to hydrolysis) is 1. The van der Waals surface area contributed by atoms with Crippen LogP contribution < -0.4 is 11.1 Å². The summed E-state index contributed by atoms with van der Waals surface area (Å²) in [5.74, 6) is -0.692. The SMILES string of the molecule is CCC1OC(OC2C(NC(=O)OC(C)(C)C)CC(N)C(OC3OC(CO)C(O)CC3O)C2O)C(C)C(O)C1O. The van der Waals surface area contributed by atoms with E-state index in [4.69, 9.17) is 29.4 Å². The zero-order chi connectivity index (χ0) is 29.2. The van der Waals surface area contributed by atoms with Gasteiger partial charge in [-0.3, -0.25) is 0 Å². The highest BCUT2D eigenvalue weighted by molar-refractivity contribution is 5.68. The number of hydrogen-bond donors (Lipinski definition) is 8. The maximum absolute atomic E-state index is 12.6. The second-order valence-corrected chi connectivity index (χ2v) is 11.7. The summed E-state index contributed by atoms with van der Waals surface area (Å²) in [6, 6.07) is -1.73. The molecule has 0 aromatic heterocycles. The summed E-state index contributed by atoms with van der Waals surface area (Å²) in [6.45, 7) is 8.00. The molecule has 1 saturated carbocycles. The van der Waals surface area contributed by atoms with E-state index in [0.717, 1.165) is 0 Å². The zero-order valence-electron chi connectivity index (χ0n) is 23.1. The molecule has 3 aliphatic rings. The van der Waals surface area contributed by atoms with Gasteiger partial charge in [0.05, 0.1) is 31.0 Å². The Morgan fingerprint density at radius 2 is 1.54 bits per heavy atom. The van der Waals surface area contributed by atoms with Gasteiger partial charge in [-0.05, 0) is 33.6 Å². The number of aliphatic hydroxyl groups excluding tert-OH is 6. The van der Waals surface area contributed by atoms with Gasteiger partial charge in [-0.2, -0.15) is 0 Å². The summed E-state index contributed by atoms with van der Waals surface area (Å²) < 4.78 is 28.8. The molecular weight excluding hydrogens is 520 g/mol. The zero-order valence-corrected chi connectivity index (χ0v) is 23.1. The average Bonchev–Trinajstić information content (AvgIpc) is 2.84. The van der Waals surface area contributed by atoms with Crippen LogP contribution in [0, 0.1) is 5.92 Å². The monoisotopic (exact) mass is 566 g/mol. The summed E-state index contributed by atoms with van der Waals surface area (Å²) in [5.41, 5.74) is 5.56. The smallest absolute Gasteiger partial charge is 0.407 e. The third-order valence-corrected chi connectivity index (χ3v) is 7.43. The van der Waals surface area contributed by atoms with E-state index in [1.165, 1.54) is 0 Å². The van der Waals surface area contributed by atoms with Crippen LogP contribution in [0.2, 0.25) is 0 Å². The molecule has 14 nitrogen and oxygen atoms in total. The first kappa shape index (κ1) is 32.3. The number of hydrogen-bond acceptors (Lipinski definition) is 13. The Bertz CT molecular complexity index is 798. The lowest BCUT2D eigenvalue weighted by Crippen LogP contribution is -2.67. The second-order valence-electron chi connectivity index (χ2n) is 11.7. The Morgan fingerprint density at radius 3 is 2.13 bits per heavy atom. The molecular formula is C25H46N2O12. The van der Waals surface area contributed by atoms with Crippen molar-refractivity contribution in [1.82, 2.24) is 5.32 Å². The fourth-order valence-electron chi connectivity index (χ4n) is 5.22. The highest BCUT2D eigenvalue weighted by atomic mass is 16.7. The van der Waals surface area contributed by atoms with Gasteiger partial charge < -0.3 is 65.4 Å². The molecule has 228 valence electrons. The van der Waals surface area contributed by atoms with E-state index >= 15 is 0 Å². The molecule has 3 fully saturated rings. The number of ether oxygens (including phenoxy) is 5. The molecule has 0 aromatic carbocycles. The molecule has 1 aliphatic carbocycles. The average molecular weight is 567 g/mol. The predicted octanol–water partition coefficient (Wildman–Crippen LogP) is -1.94. The van der Waals surface area contributed by atoms with Crippen molar-refractivity contribution in [2.45, 2.75) is 139 Å². The van der Waals surface area contributed by atoms with Gasteiger partial charge >= 0.3 is 6.09 Å². The molecule has 3 rings (SSSR count). The maximum Gasteiger partial charge on any atom is 0.407 e. The molecule has 0 radical (unpaired) electrons. The maximum atomic E-state index is 12.6. The standard InChI is InChI=1S/C25H46N2O12/c1-6-15-18(32)17(31)10(2)22(35-15)38-21-12(27-24(34)39-25(3,4)5)7-11(26)20(19(21)33)37-23-14(30)8-13(29)16(9-28)36-23/h10-23,28-33H,6-9,26H2,1-5H3,(H,27,34). The van der Waals surface area contributed by atoms with E-state index in [2.05, 4.69) is 5.32 Å². The fourth-order valence-corrected chi connectivity index (χ4v) is 5.22. The van der Waals surface area contributed by atoms with Gasteiger partial charge in [0, 0.05) is 18.4 Å². The quantitative estimate of drug-likeness (QED) is 0.168. The highest BCUT2D eigenvalue weighted by Crippen LogP contribution is 2.34. The molecule has 9 N–H and O–H groups in total. The van der Waals surface area contributed by atoms with Crippen molar-refractivity contribution in [1.29, 1.82) is 0 Å². The van der Waals surface area contributed by atoms with Crippen LogP contribution >= 0.6 is 0 Å². The van der Waals surface area contributed by atoms with Gasteiger partial charge in [0.2, 0.25) is 0 Å². The summed E-state index contributed by atoms with van der Waals surface area (Å²) in [6.07, 6.45) is -13.0. The van der Waals surface area contributed by atoms with E-state index in [0.29, 0.717) is 6.42 Å². The number of carbonyl (C=O) groups is 1. The summed E-state index contributed by atoms with van der Waals surface area (Å²) in [5, 5.41) is 64.9. The number of amides is 1. The lowest BCUT2D eigenvalue weighted by Gasteiger charge is -2.48. The minimum absolute atomic E-state index is 0.0595. The van der Waals surface area contributed by atoms with Crippen molar-refractivity contribution in [3.63, 3.8) is 0 Å². The molecule has 0 aromatic rings. The van der Waals surface area contributed by atoms with Gasteiger partial charge in [-0.25, -0.2) is 4.79 Å². The van der Waals surface area contributed by atoms with Crippen molar-refractivity contribution in [3.05, 3.63) is 0 Å². The first-order valence-electron chi connectivity index (χ1n) is 13.5. The van der Waals surface area contributed by atoms with Crippen LogP contribution in [-0.2, 0) is 23.7 Å². The van der Waals surface area contributed by atoms with Gasteiger partial charge in [0.15, 0.2) is 12.6 Å². The van der Waals surface area contributed by atoms with Crippen molar-refractivity contribution in [2.75, 3.05) is 6.61 Å². The molecule has 2 heterocycles. The molecule has 1 amide bonds. The molecule has 0 spiro atoms. The first-order chi connectivity index (χ1) is 18.2. The van der Waals surface area contributed by atoms with Crippen molar-refractivity contribution < 1.29 is 59.1 Å². The van der Waals surface area contributed by atoms with Crippen LogP contribution in [-0.4, -0.2) is 129 Å². The highest BCUT2D eigenvalue weighted by Gasteiger charge is 2.51. The van der Waals surface area contributed by atoms with E-state index < -0.39 is 104 Å². The van der Waals surface area contributed by atoms with Gasteiger partial charge in [0.1, 0.15) is 42.2 Å². The van der Waals surface area contributed by atoms with Crippen LogP contribution in [0.5, 0.6) is 0 Å². The third kappa shape index (κ3) is 7.77. The number of nitrogens with two attached hydrogens (primary N) is 1. The molecule has 2 aliphatic heterocycles. The second kappa shape index (κ2) is 13.2. The van der Waals surface area contributed by atoms with Gasteiger partial charge in [-0.1, -0.05) is 13.8 Å². The van der Waals surface area contributed by atoms with Crippen LogP contribution in [0.15, 0.2) is 0 Å². The summed E-state index contributed by atoms with van der Waals surface area (Å²) in [4.78, 5) is 12.6. The largest absolute Gasteiger partial charge is 0.444 e. The Labute approximate surface area is 228 Å². The predicted molar refractivity (Wildman–Crippen MR) is 134 cm³/mol. The molecule has 14 unspecified atom stereocenters. The first-order valence-corrected chi connectivity index (χ1v) is 13.5. The fraction of sp³-hybridized carbons (Fsp3) is 0.960. The Balaban J connectivity index is 1.83. The van der Waals surface area contributed by atoms with Gasteiger partial charge in [-0.15, -0.1) is 0 Å². The number of rotatable bonds is 7. The van der Waals surface area contributed by atoms with Crippen molar-refractivity contribution in [3.8, 4) is 0 Å². The minimum Gasteiger partial charge on any atom is -0.444 e. The van der Waals surface area contributed by atoms with E-state index in [1.54, 1.807) is 34.6 Å². The third-order valence-electron chi connectivity index (χ3n) is 7.43. The normalized spacial score (nSPS) is 45.5. The van der Waals surface area contributed by atoms with E-state index in [-0.39, 0.29) is 12.8 Å². The lowest BCUT2D eigenvalue weighted by molar-refractivity contribution is -0.324. The van der Waals surface area contributed by atoms with Crippen LogP contribution in [0.1, 0.15) is 53.9 Å². The molecule has 0 bridgehead atoms. The van der Waals surface area contributed by atoms with Crippen LogP contribution in [0.3, 0.4) is 0 Å². The van der Waals surface area contributed by atoms with Crippen molar-refractivity contribution >= 4 is 6.09 Å². The summed E-state index contributed by atoms with van der Waals surface area (Å²) in [7, 11) is 0.